The summed E-state index contributed by atoms with van der Waals surface area (Å²) in [4.78, 5) is 12.6. The summed E-state index contributed by atoms with van der Waals surface area (Å²) in [7, 11) is 0. The minimum atomic E-state index is -0.0776. The zero-order valence-electron chi connectivity index (χ0n) is 19.4. The van der Waals surface area contributed by atoms with Gasteiger partial charge < -0.3 is 10.1 Å². The van der Waals surface area contributed by atoms with Crippen LogP contribution in [0.15, 0.2) is 48.1 Å². The lowest BCUT2D eigenvalue weighted by molar-refractivity contribution is -0.113. The standard InChI is InChI=1S/C25H30N4O2S/c1-7-8-29-22(14-31-21-12-16(2)9-17(3)13-21)27-28-25(29)32-15-23(30)26-24-19(5)10-18(4)11-20(24)6/h7,9-13H,1,8,14-15H2,2-6H3,(H,26,30). The zero-order valence-corrected chi connectivity index (χ0v) is 20.2. The molecule has 0 bridgehead atoms. The van der Waals surface area contributed by atoms with E-state index in [4.69, 9.17) is 4.74 Å². The van der Waals surface area contributed by atoms with Crippen molar-refractivity contribution in [2.75, 3.05) is 11.1 Å². The smallest absolute Gasteiger partial charge is 0.234 e. The molecule has 1 amide bonds. The van der Waals surface area contributed by atoms with E-state index in [2.05, 4.69) is 47.2 Å². The van der Waals surface area contributed by atoms with E-state index in [1.165, 1.54) is 17.3 Å². The highest BCUT2D eigenvalue weighted by atomic mass is 32.2. The molecule has 0 radical (unpaired) electrons. The van der Waals surface area contributed by atoms with Gasteiger partial charge in [-0.15, -0.1) is 16.8 Å². The first-order chi connectivity index (χ1) is 15.3. The van der Waals surface area contributed by atoms with Crippen LogP contribution in [0.25, 0.3) is 0 Å². The highest BCUT2D eigenvalue weighted by molar-refractivity contribution is 7.99. The number of hydrogen-bond donors (Lipinski definition) is 1. The highest BCUT2D eigenvalue weighted by Crippen LogP contribution is 2.24. The Morgan fingerprint density at radius 1 is 1.03 bits per heavy atom. The number of benzene rings is 2. The van der Waals surface area contributed by atoms with Crippen molar-refractivity contribution in [3.05, 3.63) is 76.6 Å². The van der Waals surface area contributed by atoms with Gasteiger partial charge in [0.2, 0.25) is 5.91 Å². The molecule has 0 aliphatic carbocycles. The third kappa shape index (κ3) is 6.01. The van der Waals surface area contributed by atoms with E-state index >= 15 is 0 Å². The summed E-state index contributed by atoms with van der Waals surface area (Å²) in [6.07, 6.45) is 1.78. The third-order valence-electron chi connectivity index (χ3n) is 4.94. The van der Waals surface area contributed by atoms with Crippen molar-refractivity contribution in [1.82, 2.24) is 14.8 Å². The van der Waals surface area contributed by atoms with Gasteiger partial charge in [0.15, 0.2) is 11.0 Å². The van der Waals surface area contributed by atoms with Crippen molar-refractivity contribution in [1.29, 1.82) is 0 Å². The molecule has 3 aromatic rings. The van der Waals surface area contributed by atoms with Gasteiger partial charge in [0, 0.05) is 12.2 Å². The van der Waals surface area contributed by atoms with Crippen LogP contribution in [0.3, 0.4) is 0 Å². The minimum Gasteiger partial charge on any atom is -0.486 e. The summed E-state index contributed by atoms with van der Waals surface area (Å²) >= 11 is 1.35. The fourth-order valence-corrected chi connectivity index (χ4v) is 4.46. The van der Waals surface area contributed by atoms with Crippen LogP contribution in [0.4, 0.5) is 5.69 Å². The van der Waals surface area contributed by atoms with Gasteiger partial charge in [0.25, 0.3) is 0 Å². The summed E-state index contributed by atoms with van der Waals surface area (Å²) in [5, 5.41) is 12.3. The number of aryl methyl sites for hydroxylation is 5. The molecular weight excluding hydrogens is 420 g/mol. The number of nitrogens with zero attached hydrogens (tertiary/aromatic N) is 3. The van der Waals surface area contributed by atoms with Crippen LogP contribution in [0.2, 0.25) is 0 Å². The molecule has 6 nitrogen and oxygen atoms in total. The summed E-state index contributed by atoms with van der Waals surface area (Å²) in [6, 6.07) is 10.2. The van der Waals surface area contributed by atoms with Gasteiger partial charge in [0.05, 0.1) is 5.75 Å². The zero-order chi connectivity index (χ0) is 23.3. The van der Waals surface area contributed by atoms with E-state index in [0.717, 1.165) is 33.7 Å². The molecule has 0 aliphatic rings. The van der Waals surface area contributed by atoms with Gasteiger partial charge in [-0.05, 0) is 69.0 Å². The maximum Gasteiger partial charge on any atom is 0.234 e. The molecule has 7 heteroatoms. The van der Waals surface area contributed by atoms with Gasteiger partial charge in [-0.3, -0.25) is 9.36 Å². The summed E-state index contributed by atoms with van der Waals surface area (Å²) < 4.78 is 7.88. The van der Waals surface area contributed by atoms with Crippen LogP contribution in [-0.4, -0.2) is 26.4 Å². The van der Waals surface area contributed by atoms with Crippen LogP contribution >= 0.6 is 11.8 Å². The molecule has 2 aromatic carbocycles. The number of rotatable bonds is 9. The Kier molecular flexibility index (Phi) is 7.75. The molecule has 0 fully saturated rings. The molecular formula is C25H30N4O2S. The average molecular weight is 451 g/mol. The Hall–Kier alpha value is -3.06. The number of carbonyl (C=O) groups excluding carboxylic acids is 1. The molecule has 32 heavy (non-hydrogen) atoms. The minimum absolute atomic E-state index is 0.0776. The number of amides is 1. The van der Waals surface area contributed by atoms with Gasteiger partial charge in [-0.1, -0.05) is 41.6 Å². The van der Waals surface area contributed by atoms with Crippen molar-refractivity contribution >= 4 is 23.4 Å². The Bertz CT molecular complexity index is 1090. The number of hydrogen-bond acceptors (Lipinski definition) is 5. The van der Waals surface area contributed by atoms with E-state index < -0.39 is 0 Å². The van der Waals surface area contributed by atoms with Crippen LogP contribution in [0, 0.1) is 34.6 Å². The van der Waals surface area contributed by atoms with Gasteiger partial charge >= 0.3 is 0 Å². The van der Waals surface area contributed by atoms with E-state index in [-0.39, 0.29) is 18.3 Å². The molecule has 168 valence electrons. The van der Waals surface area contributed by atoms with E-state index in [1.54, 1.807) is 6.08 Å². The van der Waals surface area contributed by atoms with Gasteiger partial charge in [-0.25, -0.2) is 0 Å². The predicted molar refractivity (Wildman–Crippen MR) is 130 cm³/mol. The lowest BCUT2D eigenvalue weighted by Crippen LogP contribution is -2.16. The number of anilines is 1. The Labute approximate surface area is 194 Å². The quantitative estimate of drug-likeness (QED) is 0.353. The fraction of sp³-hybridized carbons (Fsp3) is 0.320. The maximum absolute atomic E-state index is 12.6. The monoisotopic (exact) mass is 450 g/mol. The largest absolute Gasteiger partial charge is 0.486 e. The number of carbonyl (C=O) groups is 1. The van der Waals surface area contributed by atoms with Crippen LogP contribution in [-0.2, 0) is 17.9 Å². The van der Waals surface area contributed by atoms with Crippen LogP contribution < -0.4 is 10.1 Å². The maximum atomic E-state index is 12.6. The number of nitrogens with one attached hydrogen (secondary N) is 1. The second-order valence-corrected chi connectivity index (χ2v) is 8.96. The first-order valence-electron chi connectivity index (χ1n) is 10.5. The van der Waals surface area contributed by atoms with Gasteiger partial charge in [-0.2, -0.15) is 0 Å². The molecule has 1 heterocycles. The molecule has 0 atom stereocenters. The molecule has 0 saturated carbocycles. The lowest BCUT2D eigenvalue weighted by atomic mass is 10.1. The Balaban J connectivity index is 1.66. The molecule has 0 unspecified atom stereocenters. The molecule has 3 rings (SSSR count). The van der Waals surface area contributed by atoms with Gasteiger partial charge in [0.1, 0.15) is 12.4 Å². The van der Waals surface area contributed by atoms with E-state index in [1.807, 2.05) is 44.4 Å². The first kappa shape index (κ1) is 23.6. The number of allylic oxidation sites excluding steroid dienone is 1. The van der Waals surface area contributed by atoms with Crippen molar-refractivity contribution in [3.63, 3.8) is 0 Å². The summed E-state index contributed by atoms with van der Waals surface area (Å²) in [6.45, 7) is 14.8. The lowest BCUT2D eigenvalue weighted by Gasteiger charge is -2.13. The first-order valence-corrected chi connectivity index (χ1v) is 11.5. The van der Waals surface area contributed by atoms with E-state index in [9.17, 15) is 4.79 Å². The van der Waals surface area contributed by atoms with E-state index in [0.29, 0.717) is 17.5 Å². The molecule has 0 saturated heterocycles. The van der Waals surface area contributed by atoms with Crippen molar-refractivity contribution in [2.45, 2.75) is 52.9 Å². The predicted octanol–water partition coefficient (Wildman–Crippen LogP) is 5.32. The Morgan fingerprint density at radius 2 is 1.66 bits per heavy atom. The molecule has 1 aromatic heterocycles. The Morgan fingerprint density at radius 3 is 2.28 bits per heavy atom. The van der Waals surface area contributed by atoms with Crippen molar-refractivity contribution < 1.29 is 9.53 Å². The van der Waals surface area contributed by atoms with Crippen LogP contribution in [0.1, 0.15) is 33.6 Å². The normalized spacial score (nSPS) is 10.8. The molecule has 0 spiro atoms. The fourth-order valence-electron chi connectivity index (χ4n) is 3.69. The highest BCUT2D eigenvalue weighted by Gasteiger charge is 2.15. The number of ether oxygens (including phenoxy) is 1. The SMILES string of the molecule is C=CCn1c(COc2cc(C)cc(C)c2)nnc1SCC(=O)Nc1c(C)cc(C)cc1C. The second-order valence-electron chi connectivity index (χ2n) is 8.02. The van der Waals surface area contributed by atoms with Crippen molar-refractivity contribution in [2.24, 2.45) is 0 Å². The molecule has 1 N–H and O–H groups in total. The van der Waals surface area contributed by atoms with Crippen molar-refractivity contribution in [3.8, 4) is 5.75 Å². The summed E-state index contributed by atoms with van der Waals surface area (Å²) in [5.41, 5.74) is 6.46. The third-order valence-corrected chi connectivity index (χ3v) is 5.91. The number of aromatic nitrogens is 3. The second kappa shape index (κ2) is 10.5. The topological polar surface area (TPSA) is 69.0 Å². The summed E-state index contributed by atoms with van der Waals surface area (Å²) in [5.74, 6) is 1.65. The average Bonchev–Trinajstić information content (AvgIpc) is 3.09. The molecule has 0 aliphatic heterocycles. The van der Waals surface area contributed by atoms with Crippen LogP contribution in [0.5, 0.6) is 5.75 Å². The number of thioether (sulfide) groups is 1.